The molecule has 0 amide bonds. The zero-order valence-corrected chi connectivity index (χ0v) is 23.4. The van der Waals surface area contributed by atoms with Crippen LogP contribution in [0.25, 0.3) is 5.65 Å². The third kappa shape index (κ3) is 6.79. The third-order valence-electron chi connectivity index (χ3n) is 7.01. The fourth-order valence-electron chi connectivity index (χ4n) is 3.79. The number of carbonyl (C=O) groups excluding carboxylic acids is 1. The van der Waals surface area contributed by atoms with Crippen molar-refractivity contribution in [2.45, 2.75) is 77.4 Å². The van der Waals surface area contributed by atoms with Crippen LogP contribution in [0.4, 0.5) is 8.78 Å². The first-order chi connectivity index (χ1) is 16.7. The second kappa shape index (κ2) is 10.8. The van der Waals surface area contributed by atoms with Gasteiger partial charge in [-0.3, -0.25) is 9.20 Å². The summed E-state index contributed by atoms with van der Waals surface area (Å²) < 4.78 is 40.3. The zero-order valence-electron chi connectivity index (χ0n) is 22.4. The molecule has 0 bridgehead atoms. The number of hydrogen-bond acceptors (Lipinski definition) is 4. The van der Waals surface area contributed by atoms with Crippen LogP contribution in [0.15, 0.2) is 48.7 Å². The number of ether oxygens (including phenoxy) is 1. The van der Waals surface area contributed by atoms with Gasteiger partial charge in [0.2, 0.25) is 5.92 Å². The van der Waals surface area contributed by atoms with Crippen LogP contribution in [-0.2, 0) is 4.43 Å². The maximum absolute atomic E-state index is 13.7. The van der Waals surface area contributed by atoms with Gasteiger partial charge >= 0.3 is 0 Å². The third-order valence-corrected chi connectivity index (χ3v) is 11.5. The maximum atomic E-state index is 13.7. The number of imidazole rings is 1. The minimum absolute atomic E-state index is 0.0510. The first kappa shape index (κ1) is 28.0. The Hall–Kier alpha value is -2.58. The van der Waals surface area contributed by atoms with Crippen molar-refractivity contribution in [1.82, 2.24) is 9.38 Å². The number of hydrogen-bond donors (Lipinski definition) is 0. The van der Waals surface area contributed by atoms with Gasteiger partial charge in [0, 0.05) is 31.6 Å². The summed E-state index contributed by atoms with van der Waals surface area (Å²) in [5, 5.41) is 0.0641. The number of pyridine rings is 1. The monoisotopic (exact) mass is 516 g/mol. The average Bonchev–Trinajstić information content (AvgIpc) is 3.12. The van der Waals surface area contributed by atoms with Crippen LogP contribution in [0.5, 0.6) is 5.75 Å². The highest BCUT2D eigenvalue weighted by atomic mass is 28.4. The first-order valence-electron chi connectivity index (χ1n) is 12.4. The summed E-state index contributed by atoms with van der Waals surface area (Å²) in [6.45, 7) is 14.0. The Morgan fingerprint density at radius 2 is 1.75 bits per heavy atom. The molecule has 0 aliphatic rings. The lowest BCUT2D eigenvalue weighted by molar-refractivity contribution is 0.000942. The molecule has 196 valence electrons. The minimum atomic E-state index is -2.81. The number of Topliss-reactive ketones (excluding diaryl/α,β-unsaturated/α-hetero) is 1. The molecule has 0 radical (unpaired) electrons. The molecule has 8 heteroatoms. The van der Waals surface area contributed by atoms with Crippen LogP contribution in [-0.4, -0.2) is 42.6 Å². The molecule has 3 rings (SSSR count). The van der Waals surface area contributed by atoms with Crippen molar-refractivity contribution in [2.75, 3.05) is 13.2 Å². The van der Waals surface area contributed by atoms with E-state index in [-0.39, 0.29) is 29.8 Å². The summed E-state index contributed by atoms with van der Waals surface area (Å²) >= 11 is 0. The predicted octanol–water partition coefficient (Wildman–Crippen LogP) is 7.45. The van der Waals surface area contributed by atoms with Crippen molar-refractivity contribution >= 4 is 19.7 Å². The number of fused-ring (bicyclic) bond motifs is 1. The van der Waals surface area contributed by atoms with Crippen molar-refractivity contribution in [1.29, 1.82) is 0 Å². The number of halogens is 2. The van der Waals surface area contributed by atoms with E-state index < -0.39 is 20.7 Å². The molecule has 0 spiro atoms. The summed E-state index contributed by atoms with van der Waals surface area (Å²) in [5.74, 6) is -2.59. The number of aromatic nitrogens is 2. The SMILES string of the molecule is Cc1nc2c(OCCC(C)(F)F)cccn2c1C(=O)C[C@@H](CO[Si](C)(C)C(C)(C)C)c1ccccc1. The van der Waals surface area contributed by atoms with Gasteiger partial charge in [-0.1, -0.05) is 51.1 Å². The number of nitrogens with zero attached hydrogens (tertiary/aromatic N) is 2. The normalized spacial score (nSPS) is 13.7. The van der Waals surface area contributed by atoms with E-state index in [9.17, 15) is 13.6 Å². The standard InChI is InChI=1S/C28H38F2N2O3Si/c1-20-25(32-16-11-14-24(26(32)31-20)34-17-15-28(5,29)30)23(33)18-22(21-12-9-8-10-13-21)19-35-36(6,7)27(2,3)4/h8-14,16,22H,15,17-19H2,1-7H3/t22-/m0/s1. The molecule has 0 saturated heterocycles. The van der Waals surface area contributed by atoms with Crippen molar-refractivity contribution in [2.24, 2.45) is 0 Å². The molecule has 0 aliphatic heterocycles. The van der Waals surface area contributed by atoms with Crippen LogP contribution in [0, 0.1) is 6.92 Å². The van der Waals surface area contributed by atoms with Crippen LogP contribution in [0.1, 0.15) is 68.2 Å². The smallest absolute Gasteiger partial charge is 0.248 e. The van der Waals surface area contributed by atoms with Crippen LogP contribution >= 0.6 is 0 Å². The highest BCUT2D eigenvalue weighted by molar-refractivity contribution is 6.74. The first-order valence-corrected chi connectivity index (χ1v) is 15.3. The van der Waals surface area contributed by atoms with Crippen molar-refractivity contribution < 1.29 is 22.7 Å². The minimum Gasteiger partial charge on any atom is -0.489 e. The second-order valence-corrected chi connectivity index (χ2v) is 15.9. The quantitative estimate of drug-likeness (QED) is 0.196. The lowest BCUT2D eigenvalue weighted by Crippen LogP contribution is -2.41. The summed E-state index contributed by atoms with van der Waals surface area (Å²) in [6.07, 6.45) is 1.63. The molecule has 0 N–H and O–H groups in total. The number of rotatable bonds is 11. The maximum Gasteiger partial charge on any atom is 0.248 e. The van der Waals surface area contributed by atoms with Gasteiger partial charge in [-0.15, -0.1) is 0 Å². The molecular weight excluding hydrogens is 478 g/mol. The number of benzene rings is 1. The molecule has 0 saturated carbocycles. The summed E-state index contributed by atoms with van der Waals surface area (Å²) in [7, 11) is -2.01. The molecule has 36 heavy (non-hydrogen) atoms. The molecule has 3 aromatic rings. The number of ketones is 1. The lowest BCUT2D eigenvalue weighted by Gasteiger charge is -2.37. The Morgan fingerprint density at radius 1 is 1.08 bits per heavy atom. The van der Waals surface area contributed by atoms with E-state index in [1.165, 1.54) is 0 Å². The topological polar surface area (TPSA) is 52.8 Å². The van der Waals surface area contributed by atoms with Gasteiger partial charge in [-0.25, -0.2) is 13.8 Å². The fraction of sp³-hybridized carbons (Fsp3) is 0.500. The lowest BCUT2D eigenvalue weighted by atomic mass is 9.93. The molecule has 0 fully saturated rings. The van der Waals surface area contributed by atoms with Gasteiger partial charge in [-0.2, -0.15) is 0 Å². The van der Waals surface area contributed by atoms with Crippen molar-refractivity contribution in [3.63, 3.8) is 0 Å². The van der Waals surface area contributed by atoms with Gasteiger partial charge in [0.15, 0.2) is 25.5 Å². The molecule has 0 aliphatic carbocycles. The highest BCUT2D eigenvalue weighted by Gasteiger charge is 2.38. The van der Waals surface area contributed by atoms with E-state index in [0.29, 0.717) is 29.4 Å². The van der Waals surface area contributed by atoms with Crippen molar-refractivity contribution in [3.8, 4) is 5.75 Å². The zero-order chi connectivity index (χ0) is 26.7. The molecule has 0 unspecified atom stereocenters. The molecular formula is C28H38F2N2O3Si. The highest BCUT2D eigenvalue weighted by Crippen LogP contribution is 2.38. The molecule has 1 atom stereocenters. The van der Waals surface area contributed by atoms with Crippen molar-refractivity contribution in [3.05, 3.63) is 65.6 Å². The predicted molar refractivity (Wildman–Crippen MR) is 142 cm³/mol. The molecule has 2 heterocycles. The van der Waals surface area contributed by atoms with E-state index in [1.807, 2.05) is 30.3 Å². The Bertz CT molecular complexity index is 1180. The largest absolute Gasteiger partial charge is 0.489 e. The Kier molecular flexibility index (Phi) is 8.40. The number of carbonyl (C=O) groups is 1. The van der Waals surface area contributed by atoms with Crippen LogP contribution in [0.2, 0.25) is 18.1 Å². The van der Waals surface area contributed by atoms with Gasteiger partial charge in [0.1, 0.15) is 5.69 Å². The van der Waals surface area contributed by atoms with E-state index in [0.717, 1.165) is 12.5 Å². The Labute approximate surface area is 214 Å². The summed E-state index contributed by atoms with van der Waals surface area (Å²) in [4.78, 5) is 18.2. The van der Waals surface area contributed by atoms with Gasteiger partial charge in [0.05, 0.1) is 12.3 Å². The van der Waals surface area contributed by atoms with Gasteiger partial charge in [-0.05, 0) is 49.7 Å². The van der Waals surface area contributed by atoms with Crippen LogP contribution < -0.4 is 4.74 Å². The second-order valence-electron chi connectivity index (χ2n) is 11.1. The van der Waals surface area contributed by atoms with E-state index in [4.69, 9.17) is 9.16 Å². The molecule has 1 aromatic carbocycles. The summed E-state index contributed by atoms with van der Waals surface area (Å²) in [6, 6.07) is 13.4. The molecule has 2 aromatic heterocycles. The summed E-state index contributed by atoms with van der Waals surface area (Å²) in [5.41, 5.74) is 2.56. The fourth-order valence-corrected chi connectivity index (χ4v) is 4.84. The van der Waals surface area contributed by atoms with Crippen LogP contribution in [0.3, 0.4) is 0 Å². The van der Waals surface area contributed by atoms with E-state index in [1.54, 1.807) is 29.7 Å². The van der Waals surface area contributed by atoms with E-state index >= 15 is 0 Å². The molecule has 5 nitrogen and oxygen atoms in total. The Balaban J connectivity index is 1.86. The number of aryl methyl sites for hydroxylation is 1. The Morgan fingerprint density at radius 3 is 2.36 bits per heavy atom. The van der Waals surface area contributed by atoms with E-state index in [2.05, 4.69) is 38.8 Å². The van der Waals surface area contributed by atoms with Gasteiger partial charge < -0.3 is 9.16 Å². The average molecular weight is 517 g/mol. The van der Waals surface area contributed by atoms with Gasteiger partial charge in [0.25, 0.3) is 0 Å². The number of alkyl halides is 2.